The third-order valence-corrected chi connectivity index (χ3v) is 4.08. The lowest BCUT2D eigenvalue weighted by Crippen LogP contribution is -2.21. The Labute approximate surface area is 151 Å². The number of carbonyl (C=O) groups is 1. The van der Waals surface area contributed by atoms with E-state index in [4.69, 9.17) is 9.47 Å². The first-order valence-electron chi connectivity index (χ1n) is 7.77. The molecule has 0 atom stereocenters. The fraction of sp³-hybridized carbons (Fsp3) is 0.316. The Kier molecular flexibility index (Phi) is 6.26. The molecule has 2 aromatic carbocycles. The highest BCUT2D eigenvalue weighted by atomic mass is 79.9. The number of methoxy groups -OCH3 is 1. The number of ether oxygens (including phenoxy) is 2. The largest absolute Gasteiger partial charge is 0.495 e. The van der Waals surface area contributed by atoms with E-state index in [2.05, 4.69) is 41.2 Å². The Hall–Kier alpha value is -2.01. The van der Waals surface area contributed by atoms with Crippen molar-refractivity contribution >= 4 is 27.5 Å². The summed E-state index contributed by atoms with van der Waals surface area (Å²) in [7, 11) is 1.57. The summed E-state index contributed by atoms with van der Waals surface area (Å²) < 4.78 is 11.9. The Morgan fingerprint density at radius 1 is 1.17 bits per heavy atom. The number of hydrogen-bond donors (Lipinski definition) is 1. The molecular weight excluding hydrogens is 370 g/mol. The summed E-state index contributed by atoms with van der Waals surface area (Å²) in [6, 6.07) is 11.5. The average molecular weight is 392 g/mol. The van der Waals surface area contributed by atoms with Gasteiger partial charge in [-0.2, -0.15) is 0 Å². The number of hydrogen-bond acceptors (Lipinski definition) is 3. The van der Waals surface area contributed by atoms with Crippen molar-refractivity contribution in [3.63, 3.8) is 0 Å². The maximum absolute atomic E-state index is 12.2. The van der Waals surface area contributed by atoms with Gasteiger partial charge in [0.1, 0.15) is 11.5 Å². The van der Waals surface area contributed by atoms with Gasteiger partial charge in [0, 0.05) is 4.47 Å². The third kappa shape index (κ3) is 4.74. The lowest BCUT2D eigenvalue weighted by Gasteiger charge is -2.15. The molecule has 2 rings (SSSR count). The molecular formula is C19H22BrNO3. The Bertz CT molecular complexity index is 729. The number of benzene rings is 2. The molecule has 0 saturated heterocycles. The SMILES string of the molecule is COc1ccc(Br)cc1NC(=O)COc1cc(C)ccc1C(C)C. The second-order valence-electron chi connectivity index (χ2n) is 5.88. The lowest BCUT2D eigenvalue weighted by molar-refractivity contribution is -0.118. The van der Waals surface area contributed by atoms with E-state index in [0.717, 1.165) is 21.3 Å². The van der Waals surface area contributed by atoms with Gasteiger partial charge in [-0.3, -0.25) is 4.79 Å². The molecule has 0 radical (unpaired) electrons. The highest BCUT2D eigenvalue weighted by Crippen LogP contribution is 2.29. The van der Waals surface area contributed by atoms with Crippen LogP contribution in [0.25, 0.3) is 0 Å². The van der Waals surface area contributed by atoms with Crippen LogP contribution in [0.5, 0.6) is 11.5 Å². The van der Waals surface area contributed by atoms with Gasteiger partial charge >= 0.3 is 0 Å². The minimum atomic E-state index is -0.234. The van der Waals surface area contributed by atoms with Crippen LogP contribution >= 0.6 is 15.9 Å². The highest BCUT2D eigenvalue weighted by Gasteiger charge is 2.12. The first kappa shape index (κ1) is 18.3. The molecule has 0 saturated carbocycles. The minimum Gasteiger partial charge on any atom is -0.495 e. The fourth-order valence-electron chi connectivity index (χ4n) is 2.35. The molecule has 0 aliphatic rings. The summed E-state index contributed by atoms with van der Waals surface area (Å²) in [5.74, 6) is 1.45. The topological polar surface area (TPSA) is 47.6 Å². The number of amides is 1. The van der Waals surface area contributed by atoms with E-state index in [9.17, 15) is 4.79 Å². The number of halogens is 1. The van der Waals surface area contributed by atoms with Crippen LogP contribution in [0.15, 0.2) is 40.9 Å². The van der Waals surface area contributed by atoms with Crippen LogP contribution in [0.3, 0.4) is 0 Å². The van der Waals surface area contributed by atoms with Gasteiger partial charge in [-0.25, -0.2) is 0 Å². The van der Waals surface area contributed by atoms with Gasteiger partial charge in [0.15, 0.2) is 6.61 Å². The van der Waals surface area contributed by atoms with Gasteiger partial charge in [-0.15, -0.1) is 0 Å². The molecule has 24 heavy (non-hydrogen) atoms. The van der Waals surface area contributed by atoms with E-state index in [1.165, 1.54) is 0 Å². The summed E-state index contributed by atoms with van der Waals surface area (Å²) in [4.78, 5) is 12.2. The molecule has 0 aliphatic heterocycles. The predicted octanol–water partition coefficient (Wildman–Crippen LogP) is 4.91. The number of aryl methyl sites for hydroxylation is 1. The second kappa shape index (κ2) is 8.20. The Morgan fingerprint density at radius 2 is 1.92 bits per heavy atom. The first-order valence-corrected chi connectivity index (χ1v) is 8.56. The Morgan fingerprint density at radius 3 is 2.58 bits per heavy atom. The van der Waals surface area contributed by atoms with Crippen molar-refractivity contribution in [1.82, 2.24) is 0 Å². The molecule has 0 aliphatic carbocycles. The van der Waals surface area contributed by atoms with Crippen molar-refractivity contribution in [2.75, 3.05) is 19.0 Å². The van der Waals surface area contributed by atoms with Crippen molar-refractivity contribution in [3.05, 3.63) is 52.0 Å². The summed E-state index contributed by atoms with van der Waals surface area (Å²) in [6.07, 6.45) is 0. The number of carbonyl (C=O) groups excluding carboxylic acids is 1. The summed E-state index contributed by atoms with van der Waals surface area (Å²) >= 11 is 3.39. The van der Waals surface area contributed by atoms with E-state index >= 15 is 0 Å². The van der Waals surface area contributed by atoms with Gasteiger partial charge in [0.2, 0.25) is 0 Å². The van der Waals surface area contributed by atoms with E-state index in [0.29, 0.717) is 17.4 Å². The summed E-state index contributed by atoms with van der Waals surface area (Å²) in [6.45, 7) is 6.15. The average Bonchev–Trinajstić information content (AvgIpc) is 2.53. The third-order valence-electron chi connectivity index (χ3n) is 3.59. The van der Waals surface area contributed by atoms with Crippen LogP contribution in [-0.4, -0.2) is 19.6 Å². The molecule has 0 heterocycles. The molecule has 128 valence electrons. The van der Waals surface area contributed by atoms with Gasteiger partial charge in [0.25, 0.3) is 5.91 Å². The maximum Gasteiger partial charge on any atom is 0.262 e. The number of nitrogens with one attached hydrogen (secondary N) is 1. The number of rotatable bonds is 6. The van der Waals surface area contributed by atoms with Crippen molar-refractivity contribution in [3.8, 4) is 11.5 Å². The normalized spacial score (nSPS) is 10.6. The highest BCUT2D eigenvalue weighted by molar-refractivity contribution is 9.10. The van der Waals surface area contributed by atoms with Crippen LogP contribution in [-0.2, 0) is 4.79 Å². The molecule has 0 fully saturated rings. The van der Waals surface area contributed by atoms with Gasteiger partial charge in [0.05, 0.1) is 12.8 Å². The molecule has 0 unspecified atom stereocenters. The van der Waals surface area contributed by atoms with E-state index < -0.39 is 0 Å². The van der Waals surface area contributed by atoms with Crippen molar-refractivity contribution in [2.45, 2.75) is 26.7 Å². The van der Waals surface area contributed by atoms with Crippen LogP contribution in [0.1, 0.15) is 30.9 Å². The zero-order valence-corrected chi connectivity index (χ0v) is 15.9. The van der Waals surface area contributed by atoms with E-state index in [-0.39, 0.29) is 12.5 Å². The lowest BCUT2D eigenvalue weighted by atomic mass is 10.0. The molecule has 0 bridgehead atoms. The van der Waals surface area contributed by atoms with Crippen LogP contribution in [0, 0.1) is 6.92 Å². The molecule has 0 aromatic heterocycles. The standard InChI is InChI=1S/C19H22BrNO3/c1-12(2)15-7-5-13(3)9-18(15)24-11-19(22)21-16-10-14(20)6-8-17(16)23-4/h5-10,12H,11H2,1-4H3,(H,21,22). The minimum absolute atomic E-state index is 0.0567. The van der Waals surface area contributed by atoms with Gasteiger partial charge in [-0.1, -0.05) is 41.9 Å². The van der Waals surface area contributed by atoms with Crippen LogP contribution < -0.4 is 14.8 Å². The molecule has 0 spiro atoms. The molecule has 1 amide bonds. The summed E-state index contributed by atoms with van der Waals surface area (Å²) in [5.41, 5.74) is 2.80. The molecule has 4 nitrogen and oxygen atoms in total. The first-order chi connectivity index (χ1) is 11.4. The molecule has 2 aromatic rings. The summed E-state index contributed by atoms with van der Waals surface area (Å²) in [5, 5.41) is 2.82. The Balaban J connectivity index is 2.07. The van der Waals surface area contributed by atoms with E-state index in [1.54, 1.807) is 19.2 Å². The van der Waals surface area contributed by atoms with Crippen LogP contribution in [0.2, 0.25) is 0 Å². The van der Waals surface area contributed by atoms with Crippen molar-refractivity contribution in [1.29, 1.82) is 0 Å². The van der Waals surface area contributed by atoms with Gasteiger partial charge in [-0.05, 0) is 48.2 Å². The van der Waals surface area contributed by atoms with E-state index in [1.807, 2.05) is 25.1 Å². The quantitative estimate of drug-likeness (QED) is 0.760. The van der Waals surface area contributed by atoms with Crippen molar-refractivity contribution in [2.24, 2.45) is 0 Å². The number of anilines is 1. The van der Waals surface area contributed by atoms with Crippen LogP contribution in [0.4, 0.5) is 5.69 Å². The predicted molar refractivity (Wildman–Crippen MR) is 100 cm³/mol. The van der Waals surface area contributed by atoms with Gasteiger partial charge < -0.3 is 14.8 Å². The smallest absolute Gasteiger partial charge is 0.262 e. The maximum atomic E-state index is 12.2. The molecule has 1 N–H and O–H groups in total. The zero-order chi connectivity index (χ0) is 17.7. The monoisotopic (exact) mass is 391 g/mol. The van der Waals surface area contributed by atoms with Crippen molar-refractivity contribution < 1.29 is 14.3 Å². The zero-order valence-electron chi connectivity index (χ0n) is 14.4. The fourth-order valence-corrected chi connectivity index (χ4v) is 2.71. The second-order valence-corrected chi connectivity index (χ2v) is 6.79. The molecule has 5 heteroatoms.